The minimum atomic E-state index is -0.179. The standard InChI is InChI=1S/C13H10Cl2N2O/c14-9-3-1-7(5-11(9)16)13(18)8-2-4-10(15)12(17)6-8/h1-6H,16-17H2. The summed E-state index contributed by atoms with van der Waals surface area (Å²) in [5.74, 6) is -0.179. The quantitative estimate of drug-likeness (QED) is 0.654. The van der Waals surface area contributed by atoms with Crippen molar-refractivity contribution < 1.29 is 4.79 Å². The molecule has 0 aliphatic carbocycles. The van der Waals surface area contributed by atoms with Crippen LogP contribution < -0.4 is 11.5 Å². The van der Waals surface area contributed by atoms with Crippen molar-refractivity contribution in [1.29, 1.82) is 0 Å². The molecule has 18 heavy (non-hydrogen) atoms. The van der Waals surface area contributed by atoms with Gasteiger partial charge in [-0.3, -0.25) is 4.79 Å². The largest absolute Gasteiger partial charge is 0.398 e. The van der Waals surface area contributed by atoms with E-state index in [4.69, 9.17) is 34.7 Å². The molecule has 92 valence electrons. The van der Waals surface area contributed by atoms with Gasteiger partial charge in [-0.15, -0.1) is 0 Å². The SMILES string of the molecule is Nc1cc(C(=O)c2ccc(Cl)c(N)c2)ccc1Cl. The van der Waals surface area contributed by atoms with Gasteiger partial charge in [0, 0.05) is 11.1 Å². The molecule has 4 N–H and O–H groups in total. The molecule has 0 saturated heterocycles. The van der Waals surface area contributed by atoms with E-state index in [1.165, 1.54) is 12.1 Å². The zero-order valence-corrected chi connectivity index (χ0v) is 10.8. The first-order chi connectivity index (χ1) is 8.49. The summed E-state index contributed by atoms with van der Waals surface area (Å²) in [7, 11) is 0. The van der Waals surface area contributed by atoms with Crippen molar-refractivity contribution >= 4 is 40.4 Å². The molecule has 0 aliphatic rings. The van der Waals surface area contributed by atoms with Gasteiger partial charge >= 0.3 is 0 Å². The minimum Gasteiger partial charge on any atom is -0.398 e. The Hall–Kier alpha value is -1.71. The van der Waals surface area contributed by atoms with E-state index in [1.807, 2.05) is 0 Å². The zero-order valence-electron chi connectivity index (χ0n) is 9.28. The van der Waals surface area contributed by atoms with E-state index in [9.17, 15) is 4.79 Å². The lowest BCUT2D eigenvalue weighted by Crippen LogP contribution is -2.03. The average Bonchev–Trinajstić information content (AvgIpc) is 2.35. The molecule has 0 bridgehead atoms. The maximum absolute atomic E-state index is 12.2. The van der Waals surface area contributed by atoms with Crippen molar-refractivity contribution in [3.05, 3.63) is 57.6 Å². The number of nitrogens with two attached hydrogens (primary N) is 2. The van der Waals surface area contributed by atoms with Crippen LogP contribution in [-0.2, 0) is 0 Å². The lowest BCUT2D eigenvalue weighted by molar-refractivity contribution is 0.103. The van der Waals surface area contributed by atoms with Crippen LogP contribution in [0.1, 0.15) is 15.9 Å². The van der Waals surface area contributed by atoms with E-state index in [1.54, 1.807) is 24.3 Å². The van der Waals surface area contributed by atoms with Gasteiger partial charge in [-0.25, -0.2) is 0 Å². The predicted molar refractivity (Wildman–Crippen MR) is 75.2 cm³/mol. The summed E-state index contributed by atoms with van der Waals surface area (Å²) in [6, 6.07) is 9.48. The van der Waals surface area contributed by atoms with Gasteiger partial charge < -0.3 is 11.5 Å². The highest BCUT2D eigenvalue weighted by Crippen LogP contribution is 2.24. The number of hydrogen-bond acceptors (Lipinski definition) is 3. The molecule has 0 saturated carbocycles. The maximum Gasteiger partial charge on any atom is 0.193 e. The molecule has 0 spiro atoms. The highest BCUT2D eigenvalue weighted by molar-refractivity contribution is 6.33. The van der Waals surface area contributed by atoms with Gasteiger partial charge in [0.1, 0.15) is 0 Å². The van der Waals surface area contributed by atoms with Gasteiger partial charge in [-0.05, 0) is 36.4 Å². The van der Waals surface area contributed by atoms with Crippen LogP contribution in [0.4, 0.5) is 11.4 Å². The van der Waals surface area contributed by atoms with E-state index >= 15 is 0 Å². The van der Waals surface area contributed by atoms with Crippen molar-refractivity contribution in [2.24, 2.45) is 0 Å². The van der Waals surface area contributed by atoms with Gasteiger partial charge in [0.2, 0.25) is 0 Å². The van der Waals surface area contributed by atoms with Gasteiger partial charge in [-0.1, -0.05) is 23.2 Å². The van der Waals surface area contributed by atoms with E-state index in [2.05, 4.69) is 0 Å². The third kappa shape index (κ3) is 2.42. The van der Waals surface area contributed by atoms with Crippen LogP contribution in [0.25, 0.3) is 0 Å². The fraction of sp³-hybridized carbons (Fsp3) is 0. The van der Waals surface area contributed by atoms with Crippen LogP contribution in [0.3, 0.4) is 0 Å². The molecule has 2 aromatic rings. The van der Waals surface area contributed by atoms with Crippen molar-refractivity contribution in [2.45, 2.75) is 0 Å². The highest BCUT2D eigenvalue weighted by atomic mass is 35.5. The molecule has 0 amide bonds. The summed E-state index contributed by atoms with van der Waals surface area (Å²) >= 11 is 11.6. The lowest BCUT2D eigenvalue weighted by atomic mass is 10.0. The molecular formula is C13H10Cl2N2O. The molecule has 0 heterocycles. The minimum absolute atomic E-state index is 0.179. The van der Waals surface area contributed by atoms with Crippen molar-refractivity contribution in [3.8, 4) is 0 Å². The van der Waals surface area contributed by atoms with Crippen LogP contribution >= 0.6 is 23.2 Å². The van der Waals surface area contributed by atoms with E-state index in [0.717, 1.165) is 0 Å². The molecule has 2 aromatic carbocycles. The smallest absolute Gasteiger partial charge is 0.193 e. The molecule has 0 unspecified atom stereocenters. The molecular weight excluding hydrogens is 271 g/mol. The number of hydrogen-bond donors (Lipinski definition) is 2. The van der Waals surface area contributed by atoms with Gasteiger partial charge in [-0.2, -0.15) is 0 Å². The average molecular weight is 281 g/mol. The van der Waals surface area contributed by atoms with Crippen LogP contribution in [0.5, 0.6) is 0 Å². The van der Waals surface area contributed by atoms with Crippen LogP contribution in [0, 0.1) is 0 Å². The summed E-state index contributed by atoms with van der Waals surface area (Å²) in [6.07, 6.45) is 0. The molecule has 0 aliphatic heterocycles. The van der Waals surface area contributed by atoms with E-state index in [0.29, 0.717) is 32.5 Å². The van der Waals surface area contributed by atoms with Crippen molar-refractivity contribution in [1.82, 2.24) is 0 Å². The summed E-state index contributed by atoms with van der Waals surface area (Å²) in [5, 5.41) is 0.837. The first-order valence-electron chi connectivity index (χ1n) is 5.14. The summed E-state index contributed by atoms with van der Waals surface area (Å²) in [4.78, 5) is 12.2. The second kappa shape index (κ2) is 4.88. The predicted octanol–water partition coefficient (Wildman–Crippen LogP) is 3.39. The highest BCUT2D eigenvalue weighted by Gasteiger charge is 2.11. The fourth-order valence-corrected chi connectivity index (χ4v) is 1.77. The number of nitrogen functional groups attached to an aromatic ring is 2. The summed E-state index contributed by atoms with van der Waals surface area (Å²) in [6.45, 7) is 0. The number of carbonyl (C=O) groups excluding carboxylic acids is 1. The first-order valence-corrected chi connectivity index (χ1v) is 5.89. The Morgan fingerprint density at radius 3 is 1.56 bits per heavy atom. The molecule has 2 rings (SSSR count). The normalized spacial score (nSPS) is 10.3. The number of anilines is 2. The Morgan fingerprint density at radius 2 is 1.22 bits per heavy atom. The van der Waals surface area contributed by atoms with Crippen LogP contribution in [0.15, 0.2) is 36.4 Å². The number of benzene rings is 2. The molecule has 0 aromatic heterocycles. The van der Waals surface area contributed by atoms with Gasteiger partial charge in [0.15, 0.2) is 5.78 Å². The third-order valence-corrected chi connectivity index (χ3v) is 3.20. The monoisotopic (exact) mass is 280 g/mol. The molecule has 0 atom stereocenters. The lowest BCUT2D eigenvalue weighted by Gasteiger charge is -2.05. The first kappa shape index (κ1) is 12.7. The molecule has 5 heteroatoms. The topological polar surface area (TPSA) is 69.1 Å². The molecule has 0 radical (unpaired) electrons. The Kier molecular flexibility index (Phi) is 3.45. The summed E-state index contributed by atoms with van der Waals surface area (Å²) < 4.78 is 0. The summed E-state index contributed by atoms with van der Waals surface area (Å²) in [5.41, 5.74) is 13.0. The molecule has 0 fully saturated rings. The fourth-order valence-electron chi connectivity index (χ4n) is 1.54. The maximum atomic E-state index is 12.2. The Morgan fingerprint density at radius 1 is 0.833 bits per heavy atom. The zero-order chi connectivity index (χ0) is 13.3. The van der Waals surface area contributed by atoms with Crippen LogP contribution in [0.2, 0.25) is 10.0 Å². The van der Waals surface area contributed by atoms with Crippen molar-refractivity contribution in [3.63, 3.8) is 0 Å². The van der Waals surface area contributed by atoms with E-state index < -0.39 is 0 Å². The number of halogens is 2. The third-order valence-electron chi connectivity index (χ3n) is 2.52. The second-order valence-electron chi connectivity index (χ2n) is 3.80. The van der Waals surface area contributed by atoms with Crippen molar-refractivity contribution in [2.75, 3.05) is 11.5 Å². The number of ketones is 1. The van der Waals surface area contributed by atoms with Gasteiger partial charge in [0.25, 0.3) is 0 Å². The Labute approximate surface area is 114 Å². The van der Waals surface area contributed by atoms with E-state index in [-0.39, 0.29) is 5.78 Å². The van der Waals surface area contributed by atoms with Gasteiger partial charge in [0.05, 0.1) is 21.4 Å². The van der Waals surface area contributed by atoms with Crippen LogP contribution in [-0.4, -0.2) is 5.78 Å². The second-order valence-corrected chi connectivity index (χ2v) is 4.62. The number of carbonyl (C=O) groups is 1. The Bertz CT molecular complexity index is 573. The molecule has 3 nitrogen and oxygen atoms in total. The Balaban J connectivity index is 2.41. The number of rotatable bonds is 2.